The lowest BCUT2D eigenvalue weighted by Crippen LogP contribution is -2.48. The Bertz CT molecular complexity index is 981. The van der Waals surface area contributed by atoms with Crippen LogP contribution in [0.4, 0.5) is 0 Å². The molecule has 1 saturated heterocycles. The molecule has 1 aromatic heterocycles. The second-order valence-electron chi connectivity index (χ2n) is 8.05. The molecule has 29 heavy (non-hydrogen) atoms. The molecule has 4 rings (SSSR count). The van der Waals surface area contributed by atoms with Gasteiger partial charge in [0.1, 0.15) is 4.90 Å². The summed E-state index contributed by atoms with van der Waals surface area (Å²) in [6, 6.07) is 8.85. The molecule has 1 aromatic carbocycles. The van der Waals surface area contributed by atoms with E-state index in [1.54, 1.807) is 24.4 Å². The lowest BCUT2D eigenvalue weighted by Gasteiger charge is -2.33. The van der Waals surface area contributed by atoms with Gasteiger partial charge < -0.3 is 10.4 Å². The summed E-state index contributed by atoms with van der Waals surface area (Å²) in [4.78, 5) is 17.2. The zero-order valence-corrected chi connectivity index (χ0v) is 17.1. The highest BCUT2D eigenvalue weighted by molar-refractivity contribution is 7.89. The van der Waals surface area contributed by atoms with E-state index in [9.17, 15) is 18.3 Å². The molecule has 7 nitrogen and oxygen atoms in total. The monoisotopic (exact) mass is 417 g/mol. The number of fused-ring (bicyclic) bond motifs is 1. The summed E-state index contributed by atoms with van der Waals surface area (Å²) in [6.07, 6.45) is 5.59. The summed E-state index contributed by atoms with van der Waals surface area (Å²) < 4.78 is 28.1. The molecule has 2 N–H and O–H groups in total. The van der Waals surface area contributed by atoms with Gasteiger partial charge >= 0.3 is 0 Å². The van der Waals surface area contributed by atoms with E-state index in [2.05, 4.69) is 10.3 Å². The topological polar surface area (TPSA) is 99.6 Å². The number of para-hydroxylation sites is 1. The number of hydrogen-bond donors (Lipinski definition) is 2. The highest BCUT2D eigenvalue weighted by atomic mass is 32.2. The molecule has 1 unspecified atom stereocenters. The van der Waals surface area contributed by atoms with Gasteiger partial charge in [-0.3, -0.25) is 9.78 Å². The van der Waals surface area contributed by atoms with Crippen molar-refractivity contribution in [3.8, 4) is 0 Å². The highest BCUT2D eigenvalue weighted by Crippen LogP contribution is 2.28. The minimum atomic E-state index is -3.74. The molecule has 1 amide bonds. The Hall–Kier alpha value is -2.03. The molecular formula is C21H27N3O4S. The summed E-state index contributed by atoms with van der Waals surface area (Å²) in [5.41, 5.74) is 0.460. The van der Waals surface area contributed by atoms with Crippen LogP contribution in [0.2, 0.25) is 0 Å². The first-order chi connectivity index (χ1) is 13.9. The Morgan fingerprint density at radius 1 is 1.10 bits per heavy atom. The predicted octanol–water partition coefficient (Wildman–Crippen LogP) is 2.06. The van der Waals surface area contributed by atoms with Gasteiger partial charge in [-0.15, -0.1) is 0 Å². The van der Waals surface area contributed by atoms with E-state index in [-0.39, 0.29) is 35.4 Å². The molecule has 2 fully saturated rings. The van der Waals surface area contributed by atoms with E-state index in [4.69, 9.17) is 0 Å². The van der Waals surface area contributed by atoms with Crippen molar-refractivity contribution in [3.63, 3.8) is 0 Å². The van der Waals surface area contributed by atoms with E-state index in [0.717, 1.165) is 18.2 Å². The van der Waals surface area contributed by atoms with Crippen LogP contribution in [-0.4, -0.2) is 54.0 Å². The fourth-order valence-electron chi connectivity index (χ4n) is 4.34. The lowest BCUT2D eigenvalue weighted by atomic mass is 9.92. The Morgan fingerprint density at radius 3 is 2.66 bits per heavy atom. The van der Waals surface area contributed by atoms with E-state index in [1.165, 1.54) is 4.31 Å². The minimum Gasteiger partial charge on any atom is -0.393 e. The van der Waals surface area contributed by atoms with Crippen LogP contribution in [0.15, 0.2) is 41.4 Å². The van der Waals surface area contributed by atoms with Gasteiger partial charge in [-0.2, -0.15) is 4.31 Å². The van der Waals surface area contributed by atoms with Crippen LogP contribution >= 0.6 is 0 Å². The predicted molar refractivity (Wildman–Crippen MR) is 110 cm³/mol. The summed E-state index contributed by atoms with van der Waals surface area (Å²) in [7, 11) is -3.74. The number of amides is 1. The van der Waals surface area contributed by atoms with Crippen LogP contribution in [0.3, 0.4) is 0 Å². The second kappa shape index (κ2) is 8.38. The Balaban J connectivity index is 1.49. The third-order valence-corrected chi connectivity index (χ3v) is 7.91. The summed E-state index contributed by atoms with van der Waals surface area (Å²) in [5.74, 6) is -0.435. The van der Waals surface area contributed by atoms with Gasteiger partial charge in [0.15, 0.2) is 0 Å². The van der Waals surface area contributed by atoms with Gasteiger partial charge in [0.2, 0.25) is 15.9 Å². The molecule has 2 aliphatic rings. The molecule has 1 atom stereocenters. The first-order valence-corrected chi connectivity index (χ1v) is 11.7. The molecule has 2 aromatic rings. The van der Waals surface area contributed by atoms with E-state index in [1.807, 2.05) is 12.1 Å². The number of hydrogen-bond acceptors (Lipinski definition) is 5. The number of benzene rings is 1. The maximum absolute atomic E-state index is 13.3. The first-order valence-electron chi connectivity index (χ1n) is 10.3. The van der Waals surface area contributed by atoms with Crippen molar-refractivity contribution in [2.45, 2.75) is 55.6 Å². The maximum atomic E-state index is 13.3. The summed E-state index contributed by atoms with van der Waals surface area (Å²) >= 11 is 0. The Labute approximate surface area is 171 Å². The fraction of sp³-hybridized carbons (Fsp3) is 0.524. The standard InChI is InChI=1S/C21H27N3O4S/c25-18-10-8-17(9-11-18)23-21(26)16-6-3-13-24(14-16)29(27,28)19-7-1-4-15-5-2-12-22-20(15)19/h1-2,4-5,7,12,16-18,25H,3,6,8-11,13-14H2,(H,23,26). The van der Waals surface area contributed by atoms with Crippen molar-refractivity contribution < 1.29 is 18.3 Å². The zero-order valence-electron chi connectivity index (χ0n) is 16.3. The smallest absolute Gasteiger partial charge is 0.245 e. The second-order valence-corrected chi connectivity index (χ2v) is 9.95. The Kier molecular flexibility index (Phi) is 5.85. The van der Waals surface area contributed by atoms with Gasteiger partial charge in [-0.05, 0) is 50.7 Å². The van der Waals surface area contributed by atoms with E-state index in [0.29, 0.717) is 37.7 Å². The van der Waals surface area contributed by atoms with Gasteiger partial charge in [0.25, 0.3) is 0 Å². The average Bonchev–Trinajstić information content (AvgIpc) is 2.75. The summed E-state index contributed by atoms with van der Waals surface area (Å²) in [5, 5.41) is 13.5. The third-order valence-electron chi connectivity index (χ3n) is 6.01. The van der Waals surface area contributed by atoms with Crippen LogP contribution in [0.25, 0.3) is 10.9 Å². The number of pyridine rings is 1. The van der Waals surface area contributed by atoms with Gasteiger partial charge in [0, 0.05) is 30.7 Å². The van der Waals surface area contributed by atoms with Crippen molar-refractivity contribution in [2.75, 3.05) is 13.1 Å². The molecule has 0 spiro atoms. The first kappa shape index (κ1) is 20.3. The van der Waals surface area contributed by atoms with Crippen LogP contribution in [0, 0.1) is 5.92 Å². The molecule has 1 aliphatic heterocycles. The number of aliphatic hydroxyl groups is 1. The quantitative estimate of drug-likeness (QED) is 0.793. The fourth-order valence-corrected chi connectivity index (χ4v) is 6.03. The number of piperidine rings is 1. The molecule has 156 valence electrons. The molecule has 8 heteroatoms. The largest absolute Gasteiger partial charge is 0.393 e. The van der Waals surface area contributed by atoms with Crippen LogP contribution in [0.5, 0.6) is 0 Å². The van der Waals surface area contributed by atoms with E-state index >= 15 is 0 Å². The van der Waals surface area contributed by atoms with Crippen LogP contribution in [0.1, 0.15) is 38.5 Å². The molecule has 0 bridgehead atoms. The van der Waals surface area contributed by atoms with Crippen molar-refractivity contribution in [3.05, 3.63) is 36.5 Å². The number of nitrogens with zero attached hydrogens (tertiary/aromatic N) is 2. The molecule has 1 saturated carbocycles. The van der Waals surface area contributed by atoms with Crippen LogP contribution < -0.4 is 5.32 Å². The molecular weight excluding hydrogens is 390 g/mol. The molecule has 1 aliphatic carbocycles. The zero-order chi connectivity index (χ0) is 20.4. The van der Waals surface area contributed by atoms with Crippen molar-refractivity contribution in [1.82, 2.24) is 14.6 Å². The van der Waals surface area contributed by atoms with Crippen LogP contribution in [-0.2, 0) is 14.8 Å². The normalized spacial score (nSPS) is 26.3. The van der Waals surface area contributed by atoms with Crippen molar-refractivity contribution >= 4 is 26.8 Å². The number of carbonyl (C=O) groups excluding carboxylic acids is 1. The average molecular weight is 418 g/mol. The third kappa shape index (κ3) is 4.29. The number of aromatic nitrogens is 1. The number of nitrogens with one attached hydrogen (secondary N) is 1. The molecule has 0 radical (unpaired) electrons. The van der Waals surface area contributed by atoms with Crippen molar-refractivity contribution in [2.24, 2.45) is 5.92 Å². The SMILES string of the molecule is O=C(NC1CCC(O)CC1)C1CCCN(S(=O)(=O)c2cccc3cccnc23)C1. The number of rotatable bonds is 4. The molecule has 2 heterocycles. The number of aliphatic hydroxyl groups excluding tert-OH is 1. The van der Waals surface area contributed by atoms with Crippen molar-refractivity contribution in [1.29, 1.82) is 0 Å². The maximum Gasteiger partial charge on any atom is 0.245 e. The minimum absolute atomic E-state index is 0.0696. The Morgan fingerprint density at radius 2 is 1.86 bits per heavy atom. The van der Waals surface area contributed by atoms with Gasteiger partial charge in [-0.1, -0.05) is 18.2 Å². The summed E-state index contributed by atoms with van der Waals surface area (Å²) in [6.45, 7) is 0.595. The van der Waals surface area contributed by atoms with Gasteiger partial charge in [0.05, 0.1) is 17.5 Å². The van der Waals surface area contributed by atoms with Gasteiger partial charge in [-0.25, -0.2) is 8.42 Å². The van der Waals surface area contributed by atoms with E-state index < -0.39 is 10.0 Å². The highest BCUT2D eigenvalue weighted by Gasteiger charge is 2.35. The lowest BCUT2D eigenvalue weighted by molar-refractivity contribution is -0.127. The number of sulfonamides is 1. The number of carbonyl (C=O) groups is 1.